The van der Waals surface area contributed by atoms with Crippen LogP contribution in [0.15, 0.2) is 36.5 Å². The molecule has 3 rings (SSSR count). The van der Waals surface area contributed by atoms with Gasteiger partial charge in [0.05, 0.1) is 5.69 Å². The second-order valence-corrected chi connectivity index (χ2v) is 5.85. The number of alkyl halides is 3. The van der Waals surface area contributed by atoms with E-state index in [0.29, 0.717) is 24.3 Å². The zero-order valence-corrected chi connectivity index (χ0v) is 12.8. The molecular formula is C16H17F3N4O. The number of rotatable bonds is 2. The molecule has 0 spiro atoms. The topological polar surface area (TPSA) is 64.2 Å². The van der Waals surface area contributed by atoms with Crippen molar-refractivity contribution in [3.8, 4) is 5.69 Å². The van der Waals surface area contributed by atoms with Crippen LogP contribution in [-0.4, -0.2) is 39.7 Å². The fourth-order valence-electron chi connectivity index (χ4n) is 2.78. The Morgan fingerprint density at radius 2 is 2.08 bits per heavy atom. The predicted molar refractivity (Wildman–Crippen MR) is 81.7 cm³/mol. The van der Waals surface area contributed by atoms with Crippen molar-refractivity contribution in [2.45, 2.75) is 25.1 Å². The van der Waals surface area contributed by atoms with Crippen molar-refractivity contribution in [2.24, 2.45) is 5.73 Å². The molecule has 1 amide bonds. The van der Waals surface area contributed by atoms with Gasteiger partial charge >= 0.3 is 6.18 Å². The number of halogens is 3. The first-order chi connectivity index (χ1) is 11.3. The van der Waals surface area contributed by atoms with Crippen LogP contribution in [0, 0.1) is 0 Å². The number of carbonyl (C=O) groups excluding carboxylic acids is 1. The number of piperidine rings is 1. The Labute approximate surface area is 136 Å². The van der Waals surface area contributed by atoms with Crippen molar-refractivity contribution in [2.75, 3.05) is 13.1 Å². The molecule has 0 aliphatic carbocycles. The average Bonchev–Trinajstić information content (AvgIpc) is 3.04. The summed E-state index contributed by atoms with van der Waals surface area (Å²) in [6.45, 7) is 1.12. The number of hydrogen-bond acceptors (Lipinski definition) is 3. The minimum absolute atomic E-state index is 0.0358. The third kappa shape index (κ3) is 3.43. The number of nitrogens with two attached hydrogens (primary N) is 1. The molecule has 1 atom stereocenters. The molecule has 0 saturated carbocycles. The highest BCUT2D eigenvalue weighted by Crippen LogP contribution is 2.28. The van der Waals surface area contributed by atoms with E-state index in [-0.39, 0.29) is 11.9 Å². The lowest BCUT2D eigenvalue weighted by Crippen LogP contribution is -2.45. The number of benzene rings is 1. The van der Waals surface area contributed by atoms with Gasteiger partial charge in [0.1, 0.15) is 0 Å². The number of carbonyl (C=O) groups is 1. The van der Waals surface area contributed by atoms with E-state index in [1.165, 1.54) is 12.3 Å². The summed E-state index contributed by atoms with van der Waals surface area (Å²) < 4.78 is 39.1. The normalized spacial score (nSPS) is 18.7. The van der Waals surface area contributed by atoms with Gasteiger partial charge in [-0.3, -0.25) is 4.79 Å². The first-order valence-corrected chi connectivity index (χ1v) is 7.63. The summed E-state index contributed by atoms with van der Waals surface area (Å²) in [6, 6.07) is 7.27. The highest BCUT2D eigenvalue weighted by Gasteiger charge is 2.33. The first kappa shape index (κ1) is 16.5. The van der Waals surface area contributed by atoms with E-state index in [2.05, 4.69) is 5.10 Å². The fourth-order valence-corrected chi connectivity index (χ4v) is 2.78. The second-order valence-electron chi connectivity index (χ2n) is 5.85. The molecule has 5 nitrogen and oxygen atoms in total. The Morgan fingerprint density at radius 3 is 2.75 bits per heavy atom. The Hall–Kier alpha value is -2.35. The molecule has 128 valence electrons. The maximum atomic E-state index is 12.7. The predicted octanol–water partition coefficient (Wildman–Crippen LogP) is 2.45. The van der Waals surface area contributed by atoms with Gasteiger partial charge in [-0.2, -0.15) is 18.3 Å². The molecule has 1 saturated heterocycles. The van der Waals surface area contributed by atoms with E-state index in [4.69, 9.17) is 5.73 Å². The lowest BCUT2D eigenvalue weighted by atomic mass is 10.1. The maximum absolute atomic E-state index is 12.7. The molecule has 1 aromatic heterocycles. The van der Waals surface area contributed by atoms with Crippen LogP contribution < -0.4 is 5.73 Å². The van der Waals surface area contributed by atoms with E-state index in [1.54, 1.807) is 23.1 Å². The van der Waals surface area contributed by atoms with E-state index in [9.17, 15) is 18.0 Å². The van der Waals surface area contributed by atoms with Crippen molar-refractivity contribution in [1.29, 1.82) is 0 Å². The molecule has 2 heterocycles. The third-order valence-electron chi connectivity index (χ3n) is 3.98. The van der Waals surface area contributed by atoms with Crippen molar-refractivity contribution in [3.05, 3.63) is 47.8 Å². The number of nitrogens with zero attached hydrogens (tertiary/aromatic N) is 3. The Kier molecular flexibility index (Phi) is 4.31. The molecule has 1 aliphatic rings. The summed E-state index contributed by atoms with van der Waals surface area (Å²) >= 11 is 0. The molecule has 0 bridgehead atoms. The second kappa shape index (κ2) is 6.27. The molecule has 24 heavy (non-hydrogen) atoms. The van der Waals surface area contributed by atoms with E-state index in [0.717, 1.165) is 23.6 Å². The lowest BCUT2D eigenvalue weighted by molar-refractivity contribution is -0.141. The van der Waals surface area contributed by atoms with Gasteiger partial charge < -0.3 is 10.6 Å². The van der Waals surface area contributed by atoms with Gasteiger partial charge in [-0.15, -0.1) is 0 Å². The maximum Gasteiger partial charge on any atom is 0.435 e. The Balaban J connectivity index is 1.84. The number of amides is 1. The van der Waals surface area contributed by atoms with Gasteiger partial charge in [-0.25, -0.2) is 4.68 Å². The fraction of sp³-hybridized carbons (Fsp3) is 0.375. The smallest absolute Gasteiger partial charge is 0.337 e. The SMILES string of the molecule is NC1CCCN(C(=O)c2cccc(-n3ccc(C(F)(F)F)n3)c2)C1. The van der Waals surface area contributed by atoms with E-state index in [1.807, 2.05) is 0 Å². The molecule has 1 aliphatic heterocycles. The summed E-state index contributed by atoms with van der Waals surface area (Å²) in [5, 5.41) is 3.52. The minimum atomic E-state index is -4.50. The molecule has 1 unspecified atom stereocenters. The van der Waals surface area contributed by atoms with Crippen LogP contribution in [-0.2, 0) is 6.18 Å². The van der Waals surface area contributed by atoms with Gasteiger partial charge in [0, 0.05) is 30.9 Å². The van der Waals surface area contributed by atoms with Gasteiger partial charge in [-0.05, 0) is 37.1 Å². The number of likely N-dealkylation sites (tertiary alicyclic amines) is 1. The zero-order chi connectivity index (χ0) is 17.3. The Morgan fingerprint density at radius 1 is 1.29 bits per heavy atom. The average molecular weight is 338 g/mol. The van der Waals surface area contributed by atoms with Crippen LogP contribution in [0.5, 0.6) is 0 Å². The molecule has 2 N–H and O–H groups in total. The number of aromatic nitrogens is 2. The summed E-state index contributed by atoms with van der Waals surface area (Å²) in [6.07, 6.45) is -1.54. The van der Waals surface area contributed by atoms with Gasteiger partial charge in [0.2, 0.25) is 0 Å². The monoisotopic (exact) mass is 338 g/mol. The van der Waals surface area contributed by atoms with Crippen LogP contribution in [0.2, 0.25) is 0 Å². The van der Waals surface area contributed by atoms with Gasteiger partial charge in [0.15, 0.2) is 5.69 Å². The summed E-state index contributed by atoms with van der Waals surface area (Å²) in [5.41, 5.74) is 5.73. The molecule has 0 radical (unpaired) electrons. The van der Waals surface area contributed by atoms with Crippen molar-refractivity contribution < 1.29 is 18.0 Å². The summed E-state index contributed by atoms with van der Waals surface area (Å²) in [7, 11) is 0. The summed E-state index contributed by atoms with van der Waals surface area (Å²) in [4.78, 5) is 14.2. The lowest BCUT2D eigenvalue weighted by Gasteiger charge is -2.30. The summed E-state index contributed by atoms with van der Waals surface area (Å²) in [5.74, 6) is -0.171. The van der Waals surface area contributed by atoms with Crippen LogP contribution in [0.4, 0.5) is 13.2 Å². The van der Waals surface area contributed by atoms with Crippen molar-refractivity contribution in [3.63, 3.8) is 0 Å². The molecular weight excluding hydrogens is 321 g/mol. The standard InChI is InChI=1S/C16H17F3N4O/c17-16(18,19)14-6-8-23(21-14)13-5-1-3-11(9-13)15(24)22-7-2-4-12(20)10-22/h1,3,5-6,8-9,12H,2,4,7,10,20H2. The Bertz CT molecular complexity index is 741. The third-order valence-corrected chi connectivity index (χ3v) is 3.98. The van der Waals surface area contributed by atoms with Crippen LogP contribution in [0.3, 0.4) is 0 Å². The quantitative estimate of drug-likeness (QED) is 0.915. The highest BCUT2D eigenvalue weighted by molar-refractivity contribution is 5.94. The molecule has 1 aromatic carbocycles. The largest absolute Gasteiger partial charge is 0.435 e. The molecule has 1 fully saturated rings. The molecule has 2 aromatic rings. The van der Waals surface area contributed by atoms with Gasteiger partial charge in [0.25, 0.3) is 5.91 Å². The minimum Gasteiger partial charge on any atom is -0.337 e. The van der Waals surface area contributed by atoms with E-state index < -0.39 is 11.9 Å². The van der Waals surface area contributed by atoms with E-state index >= 15 is 0 Å². The first-order valence-electron chi connectivity index (χ1n) is 7.63. The molecule has 8 heteroatoms. The van der Waals surface area contributed by atoms with Crippen LogP contribution in [0.1, 0.15) is 28.9 Å². The van der Waals surface area contributed by atoms with Crippen LogP contribution in [0.25, 0.3) is 5.69 Å². The van der Waals surface area contributed by atoms with Crippen LogP contribution >= 0.6 is 0 Å². The van der Waals surface area contributed by atoms with Crippen molar-refractivity contribution in [1.82, 2.24) is 14.7 Å². The highest BCUT2D eigenvalue weighted by atomic mass is 19.4. The van der Waals surface area contributed by atoms with Gasteiger partial charge in [-0.1, -0.05) is 6.07 Å². The zero-order valence-electron chi connectivity index (χ0n) is 12.8. The van der Waals surface area contributed by atoms with Crippen molar-refractivity contribution >= 4 is 5.91 Å². The number of hydrogen-bond donors (Lipinski definition) is 1.